The van der Waals surface area contributed by atoms with Crippen molar-refractivity contribution in [2.75, 3.05) is 26.9 Å². The van der Waals surface area contributed by atoms with Gasteiger partial charge in [0.2, 0.25) is 5.88 Å². The van der Waals surface area contributed by atoms with E-state index in [9.17, 15) is 9.50 Å². The Bertz CT molecular complexity index is 1880. The molecule has 3 heterocycles. The van der Waals surface area contributed by atoms with Gasteiger partial charge in [-0.2, -0.15) is 5.26 Å². The van der Waals surface area contributed by atoms with Gasteiger partial charge in [-0.05, 0) is 48.9 Å². The Morgan fingerprint density at radius 1 is 1.05 bits per heavy atom. The number of pyridine rings is 1. The lowest BCUT2D eigenvalue weighted by Crippen LogP contribution is -2.55. The molecule has 224 valence electrons. The molecule has 3 aromatic carbocycles. The van der Waals surface area contributed by atoms with Gasteiger partial charge in [-0.3, -0.25) is 0 Å². The van der Waals surface area contributed by atoms with E-state index < -0.39 is 23.2 Å². The van der Waals surface area contributed by atoms with E-state index in [2.05, 4.69) is 4.98 Å². The van der Waals surface area contributed by atoms with Gasteiger partial charge in [0.05, 0.1) is 54.1 Å². The Morgan fingerprint density at radius 2 is 1.89 bits per heavy atom. The highest BCUT2D eigenvalue weighted by Gasteiger charge is 2.48. The van der Waals surface area contributed by atoms with E-state index in [-0.39, 0.29) is 42.4 Å². The van der Waals surface area contributed by atoms with Crippen LogP contribution in [-0.4, -0.2) is 52.2 Å². The van der Waals surface area contributed by atoms with E-state index in [0.29, 0.717) is 30.2 Å². The van der Waals surface area contributed by atoms with Gasteiger partial charge in [0.25, 0.3) is 0 Å². The minimum atomic E-state index is -1.35. The fourth-order valence-electron chi connectivity index (χ4n) is 5.50. The molecule has 6 rings (SSSR count). The number of aromatic nitrogens is 3. The molecule has 1 N–H and O–H groups in total. The molecule has 1 atom stereocenters. The minimum absolute atomic E-state index is 0.0478. The summed E-state index contributed by atoms with van der Waals surface area (Å²) in [4.78, 5) is 9.37. The maximum atomic E-state index is 16.1. The SMILES string of the molecule is COCCn1c([C@H](c2ccc(-c3cccc(OCc4ccc(C#N)cc4F)n3)cc2F)C2(O)COC2)nc2ccc(C)cc21. The predicted molar refractivity (Wildman–Crippen MR) is 159 cm³/mol. The zero-order valence-corrected chi connectivity index (χ0v) is 24.3. The lowest BCUT2D eigenvalue weighted by Gasteiger charge is -2.42. The van der Waals surface area contributed by atoms with Crippen molar-refractivity contribution in [3.8, 4) is 23.2 Å². The molecule has 0 unspecified atom stereocenters. The van der Waals surface area contributed by atoms with Crippen molar-refractivity contribution >= 4 is 11.0 Å². The first-order valence-corrected chi connectivity index (χ1v) is 14.1. The molecule has 2 aromatic heterocycles. The van der Waals surface area contributed by atoms with Crippen LogP contribution in [0.4, 0.5) is 8.78 Å². The number of rotatable bonds is 10. The summed E-state index contributed by atoms with van der Waals surface area (Å²) in [6.07, 6.45) is 0. The van der Waals surface area contributed by atoms with Gasteiger partial charge >= 0.3 is 0 Å². The number of nitriles is 1. The highest BCUT2D eigenvalue weighted by Crippen LogP contribution is 2.42. The molecular formula is C34H30F2N4O4. The van der Waals surface area contributed by atoms with E-state index in [1.165, 1.54) is 18.2 Å². The Kier molecular flexibility index (Phi) is 8.10. The van der Waals surface area contributed by atoms with Crippen LogP contribution in [0.25, 0.3) is 22.3 Å². The van der Waals surface area contributed by atoms with E-state index in [0.717, 1.165) is 22.7 Å². The van der Waals surface area contributed by atoms with Crippen molar-refractivity contribution in [2.24, 2.45) is 0 Å². The molecule has 1 fully saturated rings. The smallest absolute Gasteiger partial charge is 0.214 e. The van der Waals surface area contributed by atoms with Crippen LogP contribution >= 0.6 is 0 Å². The van der Waals surface area contributed by atoms with Crippen molar-refractivity contribution < 1.29 is 28.1 Å². The second kappa shape index (κ2) is 12.1. The van der Waals surface area contributed by atoms with Crippen molar-refractivity contribution in [2.45, 2.75) is 31.6 Å². The number of aliphatic hydroxyl groups is 1. The number of benzene rings is 3. The molecule has 0 aliphatic carbocycles. The minimum Gasteiger partial charge on any atom is -0.473 e. The monoisotopic (exact) mass is 596 g/mol. The van der Waals surface area contributed by atoms with Crippen LogP contribution in [0.5, 0.6) is 5.88 Å². The molecule has 0 spiro atoms. The molecule has 1 aliphatic heterocycles. The number of aryl methyl sites for hydroxylation is 1. The van der Waals surface area contributed by atoms with Crippen LogP contribution < -0.4 is 4.74 Å². The second-order valence-corrected chi connectivity index (χ2v) is 10.9. The maximum absolute atomic E-state index is 16.1. The molecule has 0 bridgehead atoms. The summed E-state index contributed by atoms with van der Waals surface area (Å²) in [7, 11) is 1.62. The molecule has 0 saturated carbocycles. The third-order valence-electron chi connectivity index (χ3n) is 7.84. The van der Waals surface area contributed by atoms with E-state index >= 15 is 4.39 Å². The first kappa shape index (κ1) is 29.4. The van der Waals surface area contributed by atoms with Crippen LogP contribution in [-0.2, 0) is 22.6 Å². The van der Waals surface area contributed by atoms with Gasteiger partial charge in [0.1, 0.15) is 29.7 Å². The Balaban J connectivity index is 1.33. The largest absolute Gasteiger partial charge is 0.473 e. The molecule has 1 aliphatic rings. The van der Waals surface area contributed by atoms with Crippen molar-refractivity contribution in [3.63, 3.8) is 0 Å². The van der Waals surface area contributed by atoms with Gasteiger partial charge in [-0.15, -0.1) is 0 Å². The van der Waals surface area contributed by atoms with Gasteiger partial charge in [-0.25, -0.2) is 18.7 Å². The van der Waals surface area contributed by atoms with Crippen molar-refractivity contribution in [3.05, 3.63) is 113 Å². The third-order valence-corrected chi connectivity index (χ3v) is 7.84. The van der Waals surface area contributed by atoms with Crippen molar-refractivity contribution in [1.29, 1.82) is 5.26 Å². The maximum Gasteiger partial charge on any atom is 0.214 e. The molecule has 8 nitrogen and oxygen atoms in total. The van der Waals surface area contributed by atoms with Crippen LogP contribution in [0.3, 0.4) is 0 Å². The van der Waals surface area contributed by atoms with Crippen LogP contribution in [0.1, 0.15) is 34.0 Å². The van der Waals surface area contributed by atoms with E-state index in [4.69, 9.17) is 24.5 Å². The topological polar surface area (TPSA) is 102 Å². The zero-order chi connectivity index (χ0) is 30.8. The second-order valence-electron chi connectivity index (χ2n) is 10.9. The molecule has 0 amide bonds. The average molecular weight is 597 g/mol. The number of fused-ring (bicyclic) bond motifs is 1. The Labute approximate surface area is 253 Å². The quantitative estimate of drug-likeness (QED) is 0.222. The Morgan fingerprint density at radius 3 is 2.59 bits per heavy atom. The fourth-order valence-corrected chi connectivity index (χ4v) is 5.50. The predicted octanol–water partition coefficient (Wildman–Crippen LogP) is 5.68. The van der Waals surface area contributed by atoms with E-state index in [1.54, 1.807) is 37.4 Å². The van der Waals surface area contributed by atoms with Crippen molar-refractivity contribution in [1.82, 2.24) is 14.5 Å². The van der Waals surface area contributed by atoms with Gasteiger partial charge in [0, 0.05) is 36.4 Å². The highest BCUT2D eigenvalue weighted by molar-refractivity contribution is 5.77. The number of halogens is 2. The normalized spacial score (nSPS) is 14.6. The number of methoxy groups -OCH3 is 1. The number of hydrogen-bond donors (Lipinski definition) is 1. The molecule has 10 heteroatoms. The number of imidazole rings is 1. The summed E-state index contributed by atoms with van der Waals surface area (Å²) in [5.41, 5.74) is 3.07. The third kappa shape index (κ3) is 5.65. The lowest BCUT2D eigenvalue weighted by atomic mass is 9.79. The Hall–Kier alpha value is -4.69. The lowest BCUT2D eigenvalue weighted by molar-refractivity contribution is -0.187. The molecule has 44 heavy (non-hydrogen) atoms. The van der Waals surface area contributed by atoms with E-state index in [1.807, 2.05) is 35.8 Å². The molecule has 1 saturated heterocycles. The van der Waals surface area contributed by atoms with Gasteiger partial charge in [-0.1, -0.05) is 30.3 Å². The van der Waals surface area contributed by atoms with Crippen LogP contribution in [0.15, 0.2) is 72.8 Å². The summed E-state index contributed by atoms with van der Waals surface area (Å²) in [5.74, 6) is -1.11. The van der Waals surface area contributed by atoms with Crippen LogP contribution in [0.2, 0.25) is 0 Å². The highest BCUT2D eigenvalue weighted by atomic mass is 19.1. The first-order chi connectivity index (χ1) is 21.3. The summed E-state index contributed by atoms with van der Waals surface area (Å²) < 4.78 is 48.9. The summed E-state index contributed by atoms with van der Waals surface area (Å²) in [6.45, 7) is 2.89. The zero-order valence-electron chi connectivity index (χ0n) is 24.3. The number of nitrogens with zero attached hydrogens (tertiary/aromatic N) is 4. The molecular weight excluding hydrogens is 566 g/mol. The van der Waals surface area contributed by atoms with Gasteiger partial charge < -0.3 is 23.9 Å². The summed E-state index contributed by atoms with van der Waals surface area (Å²) in [5, 5.41) is 20.6. The summed E-state index contributed by atoms with van der Waals surface area (Å²) >= 11 is 0. The number of ether oxygens (including phenoxy) is 3. The molecule has 5 aromatic rings. The fraction of sp³-hybridized carbons (Fsp3) is 0.265. The average Bonchev–Trinajstić information content (AvgIpc) is 3.36. The first-order valence-electron chi connectivity index (χ1n) is 14.1. The number of hydrogen-bond acceptors (Lipinski definition) is 7. The standard InChI is InChI=1S/C34H30F2N4O4/c1-21-6-11-29-30(14-21)40(12-13-42-2)33(39-29)32(34(41)19-43-20-34)25-10-9-23(16-27(25)36)28-4-3-5-31(38-28)44-18-24-8-7-22(17-37)15-26(24)35/h3-11,14-16,32,41H,12-13,18-20H2,1-2H3/t32-/m0/s1. The summed E-state index contributed by atoms with van der Waals surface area (Å²) in [6, 6.07) is 21.8. The molecule has 0 radical (unpaired) electrons. The van der Waals surface area contributed by atoms with Gasteiger partial charge in [0.15, 0.2) is 0 Å². The van der Waals surface area contributed by atoms with Crippen LogP contribution in [0, 0.1) is 29.9 Å².